The quantitative estimate of drug-likeness (QED) is 0.500. The third-order valence-corrected chi connectivity index (χ3v) is 8.95. The topological polar surface area (TPSA) is 101 Å². The molecule has 0 aromatic carbocycles. The zero-order valence-electron chi connectivity index (χ0n) is 17.7. The lowest BCUT2D eigenvalue weighted by Crippen LogP contribution is -2.69. The molecule has 0 aliphatic heterocycles. The summed E-state index contributed by atoms with van der Waals surface area (Å²) in [5, 5.41) is 22.6. The van der Waals surface area contributed by atoms with Crippen LogP contribution in [0.5, 0.6) is 0 Å². The SMILES string of the molecule is C[C@]12C=CC(=O)C=C1CC[C@H]1[C@@H]3CC[C@](O)(C(=O)COC(=O)CCl)[C@@]3(C)C[C@H](O)[C@@]12F. The van der Waals surface area contributed by atoms with Gasteiger partial charge in [-0.3, -0.25) is 14.4 Å². The fourth-order valence-corrected chi connectivity index (χ4v) is 7.05. The number of hydrogen-bond donors (Lipinski definition) is 2. The van der Waals surface area contributed by atoms with Crippen molar-refractivity contribution in [3.8, 4) is 0 Å². The van der Waals surface area contributed by atoms with Gasteiger partial charge in [0.25, 0.3) is 0 Å². The number of halogens is 2. The Kier molecular flexibility index (Phi) is 5.27. The minimum absolute atomic E-state index is 0.110. The second-order valence-electron chi connectivity index (χ2n) is 9.88. The second-order valence-corrected chi connectivity index (χ2v) is 10.1. The van der Waals surface area contributed by atoms with Crippen LogP contribution in [0, 0.1) is 22.7 Å². The van der Waals surface area contributed by atoms with Crippen LogP contribution in [0.2, 0.25) is 0 Å². The van der Waals surface area contributed by atoms with Gasteiger partial charge in [0, 0.05) is 16.7 Å². The Morgan fingerprint density at radius 3 is 2.68 bits per heavy atom. The molecule has 0 amide bonds. The largest absolute Gasteiger partial charge is 0.457 e. The molecule has 2 N–H and O–H groups in total. The first-order valence-electron chi connectivity index (χ1n) is 10.7. The van der Waals surface area contributed by atoms with Gasteiger partial charge in [0.1, 0.15) is 11.5 Å². The van der Waals surface area contributed by atoms with Crippen molar-refractivity contribution in [3.63, 3.8) is 0 Å². The number of carbonyl (C=O) groups excluding carboxylic acids is 3. The van der Waals surface area contributed by atoms with Gasteiger partial charge < -0.3 is 14.9 Å². The molecule has 3 fully saturated rings. The van der Waals surface area contributed by atoms with E-state index in [4.69, 9.17) is 16.3 Å². The van der Waals surface area contributed by atoms with Crippen LogP contribution in [0.3, 0.4) is 0 Å². The Morgan fingerprint density at radius 2 is 2.00 bits per heavy atom. The average molecular weight is 455 g/mol. The first-order valence-corrected chi connectivity index (χ1v) is 11.3. The van der Waals surface area contributed by atoms with Gasteiger partial charge in [-0.25, -0.2) is 4.39 Å². The molecule has 31 heavy (non-hydrogen) atoms. The maximum Gasteiger partial charge on any atom is 0.321 e. The minimum Gasteiger partial charge on any atom is -0.457 e. The van der Waals surface area contributed by atoms with Gasteiger partial charge in [0.2, 0.25) is 5.78 Å². The van der Waals surface area contributed by atoms with E-state index in [1.54, 1.807) is 19.9 Å². The van der Waals surface area contributed by atoms with Crippen molar-refractivity contribution < 1.29 is 33.7 Å². The number of carbonyl (C=O) groups is 3. The molecule has 0 unspecified atom stereocenters. The fourth-order valence-electron chi connectivity index (χ4n) is 6.98. The molecule has 0 spiro atoms. The highest BCUT2D eigenvalue weighted by molar-refractivity contribution is 6.26. The van der Waals surface area contributed by atoms with Gasteiger partial charge in [-0.15, -0.1) is 11.6 Å². The maximum absolute atomic E-state index is 16.9. The van der Waals surface area contributed by atoms with Crippen molar-refractivity contribution in [2.24, 2.45) is 22.7 Å². The summed E-state index contributed by atoms with van der Waals surface area (Å²) in [6.07, 6.45) is 4.31. The monoisotopic (exact) mass is 454 g/mol. The fraction of sp³-hybridized carbons (Fsp3) is 0.696. The average Bonchev–Trinajstić information content (AvgIpc) is 2.99. The highest BCUT2D eigenvalue weighted by atomic mass is 35.5. The van der Waals surface area contributed by atoms with Crippen LogP contribution in [0.15, 0.2) is 23.8 Å². The van der Waals surface area contributed by atoms with Crippen LogP contribution in [0.1, 0.15) is 46.0 Å². The van der Waals surface area contributed by atoms with Gasteiger partial charge in [0.05, 0.1) is 6.10 Å². The van der Waals surface area contributed by atoms with E-state index >= 15 is 4.39 Å². The lowest BCUT2D eigenvalue weighted by Gasteiger charge is -2.62. The molecular formula is C23H28ClFO6. The molecule has 0 aromatic heterocycles. The molecule has 4 aliphatic rings. The Morgan fingerprint density at radius 1 is 1.29 bits per heavy atom. The van der Waals surface area contributed by atoms with E-state index in [9.17, 15) is 24.6 Å². The first kappa shape index (κ1) is 22.6. The van der Waals surface area contributed by atoms with E-state index in [0.717, 1.165) is 0 Å². The number of fused-ring (bicyclic) bond motifs is 5. The van der Waals surface area contributed by atoms with Crippen LogP contribution in [0.4, 0.5) is 4.39 Å². The van der Waals surface area contributed by atoms with Gasteiger partial charge in [0.15, 0.2) is 18.1 Å². The molecule has 170 valence electrons. The van der Waals surface area contributed by atoms with Crippen molar-refractivity contribution in [2.75, 3.05) is 12.5 Å². The van der Waals surface area contributed by atoms with Gasteiger partial charge in [-0.05, 0) is 57.1 Å². The molecule has 6 nitrogen and oxygen atoms in total. The summed E-state index contributed by atoms with van der Waals surface area (Å²) in [6.45, 7) is 2.84. The predicted molar refractivity (Wildman–Crippen MR) is 110 cm³/mol. The molecule has 8 heteroatoms. The predicted octanol–water partition coefficient (Wildman–Crippen LogP) is 2.44. The van der Waals surface area contributed by atoms with Crippen molar-refractivity contribution in [1.29, 1.82) is 0 Å². The van der Waals surface area contributed by atoms with E-state index in [0.29, 0.717) is 24.8 Å². The number of esters is 1. The molecule has 0 bridgehead atoms. The van der Waals surface area contributed by atoms with Crippen molar-refractivity contribution in [2.45, 2.75) is 63.3 Å². The molecule has 7 atom stereocenters. The van der Waals surface area contributed by atoms with Crippen LogP contribution >= 0.6 is 11.6 Å². The molecule has 4 rings (SSSR count). The Hall–Kier alpha value is -1.57. The van der Waals surface area contributed by atoms with E-state index in [-0.39, 0.29) is 24.5 Å². The standard InChI is InChI=1S/C23H28ClFO6/c1-20-7-5-14(26)9-13(20)3-4-16-15-6-8-22(30,18(28)12-31-19(29)11-24)21(15,2)10-17(27)23(16,20)25/h5,7,9,15-17,27,30H,3-4,6,8,10-12H2,1-2H3/t15-,16-,17-,20-,21-,22-,23-/m0/s1. The number of ether oxygens (including phenoxy) is 1. The first-order chi connectivity index (χ1) is 14.4. The Balaban J connectivity index is 1.68. The van der Waals surface area contributed by atoms with E-state index in [1.165, 1.54) is 12.2 Å². The molecule has 0 radical (unpaired) electrons. The molecular weight excluding hydrogens is 427 g/mol. The van der Waals surface area contributed by atoms with Crippen LogP contribution in [-0.2, 0) is 19.1 Å². The number of alkyl halides is 2. The van der Waals surface area contributed by atoms with Gasteiger partial charge in [-0.1, -0.05) is 18.6 Å². The van der Waals surface area contributed by atoms with Gasteiger partial charge >= 0.3 is 5.97 Å². The number of aliphatic hydroxyl groups is 2. The number of Topliss-reactive ketones (excluding diaryl/α,β-unsaturated/α-hetero) is 1. The summed E-state index contributed by atoms with van der Waals surface area (Å²) in [5.74, 6) is -2.93. The lowest BCUT2D eigenvalue weighted by atomic mass is 9.44. The number of rotatable bonds is 4. The summed E-state index contributed by atoms with van der Waals surface area (Å²) in [7, 11) is 0. The Bertz CT molecular complexity index is 900. The zero-order chi connectivity index (χ0) is 22.8. The highest BCUT2D eigenvalue weighted by Crippen LogP contribution is 2.69. The van der Waals surface area contributed by atoms with Crippen LogP contribution in [0.25, 0.3) is 0 Å². The normalized spacial score (nSPS) is 45.9. The van der Waals surface area contributed by atoms with Crippen LogP contribution in [-0.4, -0.2) is 57.6 Å². The van der Waals surface area contributed by atoms with E-state index < -0.39 is 58.4 Å². The third-order valence-electron chi connectivity index (χ3n) is 8.73. The number of allylic oxidation sites excluding steroid dienone is 4. The molecule has 4 aliphatic carbocycles. The molecule has 3 saturated carbocycles. The van der Waals surface area contributed by atoms with E-state index in [2.05, 4.69) is 0 Å². The zero-order valence-corrected chi connectivity index (χ0v) is 18.5. The smallest absolute Gasteiger partial charge is 0.321 e. The summed E-state index contributed by atoms with van der Waals surface area (Å²) < 4.78 is 21.8. The van der Waals surface area contributed by atoms with E-state index in [1.807, 2.05) is 0 Å². The van der Waals surface area contributed by atoms with Crippen LogP contribution < -0.4 is 0 Å². The number of ketones is 2. The minimum atomic E-state index is -2.02. The maximum atomic E-state index is 16.9. The second kappa shape index (κ2) is 7.22. The molecule has 0 aromatic rings. The summed E-state index contributed by atoms with van der Waals surface area (Å²) in [5.41, 5.74) is -5.35. The number of hydrogen-bond acceptors (Lipinski definition) is 6. The summed E-state index contributed by atoms with van der Waals surface area (Å²) in [4.78, 5) is 36.1. The summed E-state index contributed by atoms with van der Waals surface area (Å²) >= 11 is 5.40. The summed E-state index contributed by atoms with van der Waals surface area (Å²) in [6, 6.07) is 0. The highest BCUT2D eigenvalue weighted by Gasteiger charge is 2.74. The van der Waals surface area contributed by atoms with Crippen molar-refractivity contribution >= 4 is 29.1 Å². The Labute approximate surface area is 185 Å². The third kappa shape index (κ3) is 2.85. The van der Waals surface area contributed by atoms with Crippen molar-refractivity contribution in [3.05, 3.63) is 23.8 Å². The number of aliphatic hydroxyl groups excluding tert-OH is 1. The molecule has 0 saturated heterocycles. The van der Waals surface area contributed by atoms with Gasteiger partial charge in [-0.2, -0.15) is 0 Å². The van der Waals surface area contributed by atoms with Crippen molar-refractivity contribution in [1.82, 2.24) is 0 Å². The molecule has 0 heterocycles. The lowest BCUT2D eigenvalue weighted by molar-refractivity contribution is -0.217.